The van der Waals surface area contributed by atoms with E-state index in [9.17, 15) is 92.5 Å². The number of carbonyl (C=O) groups is 8. The smallest absolute Gasteiger partial charge is 0.306 e. The van der Waals surface area contributed by atoms with E-state index in [4.69, 9.17) is 112 Å². The number of ether oxygens (including phenoxy) is 4. The minimum Gasteiger partial charge on any atom is -0.481 e. The van der Waals surface area contributed by atoms with E-state index in [0.717, 1.165) is 0 Å². The van der Waals surface area contributed by atoms with Gasteiger partial charge in [-0.1, -0.05) is 218 Å². The van der Waals surface area contributed by atoms with Crippen molar-refractivity contribution >= 4 is 180 Å². The van der Waals surface area contributed by atoms with E-state index in [2.05, 4.69) is 0 Å². The summed E-state index contributed by atoms with van der Waals surface area (Å²) in [5, 5.41) is 38.2. The monoisotopic (exact) mass is 2280 g/mol. The van der Waals surface area contributed by atoms with Gasteiger partial charge in [-0.15, -0.1) is 0 Å². The van der Waals surface area contributed by atoms with Gasteiger partial charge < -0.3 is 59.0 Å². The maximum Gasteiger partial charge on any atom is 0.306 e. The minimum absolute atomic E-state index is 0.328. The molecule has 0 aliphatic carbocycles. The molecular weight excluding hydrogens is 2150 g/mol. The lowest BCUT2D eigenvalue weighted by atomic mass is 9.89. The number of carbonyl (C=O) groups excluding carboxylic acids is 4. The summed E-state index contributed by atoms with van der Waals surface area (Å²) in [6, 6.07) is 49.4. The molecule has 0 spiro atoms. The second-order valence-corrected chi connectivity index (χ2v) is 56.8. The van der Waals surface area contributed by atoms with Gasteiger partial charge in [-0.05, 0) is 278 Å². The van der Waals surface area contributed by atoms with Crippen molar-refractivity contribution in [1.82, 2.24) is 19.6 Å². The zero-order chi connectivity index (χ0) is 111. The van der Waals surface area contributed by atoms with Crippen molar-refractivity contribution in [2.75, 3.05) is 0 Å². The molecule has 4 fully saturated rings. The Kier molecular flexibility index (Phi) is 42.0. The molecule has 4 saturated heterocycles. The Balaban J connectivity index is 0.000000219. The zero-order valence-electron chi connectivity index (χ0n) is 86.1. The van der Waals surface area contributed by atoms with Gasteiger partial charge in [-0.2, -0.15) is 0 Å². The number of carboxylic acids is 4. The summed E-state index contributed by atoms with van der Waals surface area (Å²) < 4.78 is 129. The summed E-state index contributed by atoms with van der Waals surface area (Å²) in [4.78, 5) is 109. The van der Waals surface area contributed by atoms with Gasteiger partial charge in [0.1, 0.15) is 48.8 Å². The maximum absolute atomic E-state index is 13.9. The zero-order valence-corrected chi connectivity index (χ0v) is 95.4. The first-order chi connectivity index (χ1) is 68.7. The summed E-state index contributed by atoms with van der Waals surface area (Å²) >= 11 is 49.7. The average molecular weight is 2280 g/mol. The lowest BCUT2D eigenvalue weighted by Crippen LogP contribution is -2.59. The molecule has 4 heterocycles. The minimum atomic E-state index is -3.70. The van der Waals surface area contributed by atoms with E-state index in [1.807, 2.05) is 27.7 Å². The van der Waals surface area contributed by atoms with E-state index in [1.165, 1.54) is 19.6 Å². The Bertz CT molecular complexity index is 5750. The molecule has 4 aliphatic heterocycles. The second-order valence-electron chi connectivity index (χ2n) is 41.1. The van der Waals surface area contributed by atoms with Crippen LogP contribution in [0.25, 0.3) is 0 Å². The van der Waals surface area contributed by atoms with Gasteiger partial charge >= 0.3 is 23.9 Å². The topological polar surface area (TPSA) is 404 Å². The van der Waals surface area contributed by atoms with E-state index in [0.29, 0.717) is 110 Å². The second kappa shape index (κ2) is 50.6. The van der Waals surface area contributed by atoms with E-state index in [-0.39, 0.29) is 0 Å². The normalized spacial score (nSPS) is 22.5. The molecule has 8 aromatic rings. The molecule has 4 N–H and O–H groups in total. The fourth-order valence-electron chi connectivity index (χ4n) is 19.5. The van der Waals surface area contributed by atoms with Crippen molar-refractivity contribution in [1.29, 1.82) is 0 Å². The van der Waals surface area contributed by atoms with Crippen LogP contribution in [0, 0.1) is 0 Å². The summed E-state index contributed by atoms with van der Waals surface area (Å²) in [5.74, 6) is -7.06. The van der Waals surface area contributed by atoms with Crippen LogP contribution in [0.2, 0.25) is 40.2 Å². The molecule has 0 unspecified atom stereocenters. The van der Waals surface area contributed by atoms with Crippen molar-refractivity contribution in [2.24, 2.45) is 0 Å². The highest BCUT2D eigenvalue weighted by Gasteiger charge is 2.57. The van der Waals surface area contributed by atoms with E-state index in [1.54, 1.807) is 305 Å². The molecule has 808 valence electrons. The Morgan fingerprint density at radius 1 is 0.270 bits per heavy atom. The molecule has 8 aromatic carbocycles. The van der Waals surface area contributed by atoms with Crippen molar-refractivity contribution in [3.05, 3.63) is 279 Å². The van der Waals surface area contributed by atoms with Gasteiger partial charge in [-0.25, -0.2) is 33.7 Å². The fraction of sp³-hybridized carbons (Fsp3) is 0.481. The first kappa shape index (κ1) is 123. The lowest BCUT2D eigenvalue weighted by molar-refractivity contribution is -0.183. The van der Waals surface area contributed by atoms with E-state index >= 15 is 0 Å². The predicted octanol–water partition coefficient (Wildman–Crippen LogP) is 23.4. The number of rotatable bonds is 32. The Morgan fingerprint density at radius 2 is 0.426 bits per heavy atom. The standard InChI is InChI=1S/4C27H33Cl2NO6S/c4*1-6-21(16(2)37(34,35)27(3,4)5)30-24(17-10-12-19(28)13-11-17)25(18-8-7-9-20(29)14-18)36-22(26(30)33)15-23(31)32/h4*7-14,16,21-22,24-25H,6,15H2,1-5H3,(H,31,32)/t16-,21+,22+,24+,25+;16-,21+,22-,24+,25+;16-,21-,22+,24-,25-;16-,21-,22-,24-,25-/m0011/s1. The molecule has 4 aliphatic rings. The van der Waals surface area contributed by atoms with Crippen molar-refractivity contribution in [2.45, 2.75) is 327 Å². The van der Waals surface area contributed by atoms with Gasteiger partial charge in [-0.3, -0.25) is 38.4 Å². The largest absolute Gasteiger partial charge is 0.481 e. The molecule has 12 rings (SSSR count). The molecule has 20 atom stereocenters. The Labute approximate surface area is 909 Å². The van der Waals surface area contributed by atoms with Crippen LogP contribution >= 0.6 is 92.8 Å². The highest BCUT2D eigenvalue weighted by atomic mass is 35.5. The number of morpholine rings is 4. The van der Waals surface area contributed by atoms with Crippen LogP contribution in [0.15, 0.2) is 194 Å². The number of aliphatic carboxylic acids is 4. The van der Waals surface area contributed by atoms with Crippen molar-refractivity contribution in [3.63, 3.8) is 0 Å². The first-order valence-corrected chi connectivity index (χ1v) is 57.7. The molecule has 0 radical (unpaired) electrons. The van der Waals surface area contributed by atoms with E-state index < -0.39 is 250 Å². The van der Waals surface area contributed by atoms with Crippen LogP contribution < -0.4 is 0 Å². The van der Waals surface area contributed by atoms with Gasteiger partial charge in [0.15, 0.2) is 39.3 Å². The van der Waals surface area contributed by atoms with Gasteiger partial charge in [0.05, 0.1) is 89.8 Å². The third-order valence-corrected chi connectivity index (χ3v) is 41.3. The third-order valence-electron chi connectivity index (χ3n) is 27.3. The van der Waals surface area contributed by atoms with Crippen LogP contribution in [-0.2, 0) is 96.7 Å². The molecule has 148 heavy (non-hydrogen) atoms. The van der Waals surface area contributed by atoms with Crippen LogP contribution in [0.1, 0.15) is 283 Å². The quantitative estimate of drug-likeness (QED) is 0.0304. The molecule has 40 heteroatoms. The summed E-state index contributed by atoms with van der Waals surface area (Å²) in [5.41, 5.74) is 5.27. The number of hydrogen-bond donors (Lipinski definition) is 4. The molecular formula is C108H132Cl8N4O24S4. The number of carboxylic acid groups (broad SMARTS) is 4. The third kappa shape index (κ3) is 28.6. The first-order valence-electron chi connectivity index (χ1n) is 48.5. The average Bonchev–Trinajstić information content (AvgIpc) is 0.752. The highest BCUT2D eigenvalue weighted by Crippen LogP contribution is 2.53. The number of benzene rings is 8. The SMILES string of the molecule is CC[C@H]([C@@H](C)S(=O)(=O)C(C)(C)C)N1C(=O)[C@@H](CC(=O)O)O[C@H](c2cccc(Cl)c2)[C@H]1c1ccc(Cl)cc1.CC[C@H]([C@@H](C)S(=O)(=O)C(C)(C)C)N1C(=O)[C@H](CC(=O)O)O[C@H](c2cccc(Cl)c2)[C@H]1c1ccc(Cl)cc1.CC[C@H]([C@H](C)S(=O)(=O)C(C)(C)C)N1C(=O)[C@@H](CC(=O)O)O[C@H](c2cccc(Cl)c2)[C@H]1c1ccc(Cl)cc1.CC[C@H]([C@H](C)S(=O)(=O)C(C)(C)C)N1C(=O)[C@H](CC(=O)O)O[C@H](c2cccc(Cl)c2)[C@H]1c1ccc(Cl)cc1. The number of amides is 4. The molecule has 0 bridgehead atoms. The van der Waals surface area contributed by atoms with Gasteiger partial charge in [0.2, 0.25) is 0 Å². The van der Waals surface area contributed by atoms with Crippen molar-refractivity contribution in [3.8, 4) is 0 Å². The van der Waals surface area contributed by atoms with Crippen molar-refractivity contribution < 1.29 is 111 Å². The maximum atomic E-state index is 13.9. The summed E-state index contributed by atoms with van der Waals surface area (Å²) in [6.07, 6.45) is -9.35. The highest BCUT2D eigenvalue weighted by molar-refractivity contribution is 7.94. The van der Waals surface area contributed by atoms with Crippen LogP contribution in [0.5, 0.6) is 0 Å². The Morgan fingerprint density at radius 3 is 0.554 bits per heavy atom. The Hall–Kier alpha value is -8.52. The van der Waals surface area contributed by atoms with Gasteiger partial charge in [0, 0.05) is 64.3 Å². The number of nitrogens with zero attached hydrogens (tertiary/aromatic N) is 4. The molecule has 0 aromatic heterocycles. The number of sulfone groups is 4. The fourth-order valence-corrected chi connectivity index (χ4v) is 28.2. The molecule has 28 nitrogen and oxygen atoms in total. The van der Waals surface area contributed by atoms with Gasteiger partial charge in [0.25, 0.3) is 23.6 Å². The molecule has 4 amide bonds. The van der Waals surface area contributed by atoms with Crippen LogP contribution in [0.4, 0.5) is 0 Å². The number of halogens is 8. The summed E-state index contributed by atoms with van der Waals surface area (Å²) in [6.45, 7) is 33.3. The molecule has 0 saturated carbocycles. The number of hydrogen-bond acceptors (Lipinski definition) is 20. The van der Waals surface area contributed by atoms with Crippen LogP contribution in [-0.4, -0.2) is 210 Å². The summed E-state index contributed by atoms with van der Waals surface area (Å²) in [7, 11) is -14.8. The van der Waals surface area contributed by atoms with Crippen LogP contribution in [0.3, 0.4) is 0 Å². The predicted molar refractivity (Wildman–Crippen MR) is 578 cm³/mol. The lowest BCUT2D eigenvalue weighted by Gasteiger charge is -2.49.